The van der Waals surface area contributed by atoms with Crippen molar-refractivity contribution in [3.8, 4) is 11.5 Å². The van der Waals surface area contributed by atoms with E-state index in [1.807, 2.05) is 19.9 Å². The summed E-state index contributed by atoms with van der Waals surface area (Å²) in [5, 5.41) is 8.17. The second kappa shape index (κ2) is 13.9. The Kier molecular flexibility index (Phi) is 10.9. The zero-order chi connectivity index (χ0) is 26.9. The fourth-order valence-electron chi connectivity index (χ4n) is 3.09. The van der Waals surface area contributed by atoms with Gasteiger partial charge >= 0.3 is 0 Å². The Morgan fingerprint density at radius 2 is 1.78 bits per heavy atom. The van der Waals surface area contributed by atoms with Crippen LogP contribution in [0.3, 0.4) is 0 Å². The maximum atomic E-state index is 12.1. The molecule has 0 bridgehead atoms. The number of aryl methyl sites for hydroxylation is 1. The molecule has 0 aromatic heterocycles. The Bertz CT molecular complexity index is 1330. The van der Waals surface area contributed by atoms with Gasteiger partial charge in [-0.3, -0.25) is 9.59 Å². The van der Waals surface area contributed by atoms with Crippen molar-refractivity contribution in [2.75, 3.05) is 11.9 Å². The van der Waals surface area contributed by atoms with Crippen LogP contribution in [0.1, 0.15) is 30.0 Å². The predicted molar refractivity (Wildman–Crippen MR) is 156 cm³/mol. The van der Waals surface area contributed by atoms with E-state index < -0.39 is 18.2 Å². The maximum Gasteiger partial charge on any atom is 0.249 e. The summed E-state index contributed by atoms with van der Waals surface area (Å²) in [4.78, 5) is 24.3. The van der Waals surface area contributed by atoms with Crippen LogP contribution in [0.4, 0.5) is 5.69 Å². The normalized spacial score (nSPS) is 10.9. The van der Waals surface area contributed by atoms with E-state index in [4.69, 9.17) is 44.3 Å². The van der Waals surface area contributed by atoms with Gasteiger partial charge in [0.2, 0.25) is 11.8 Å². The van der Waals surface area contributed by atoms with Crippen molar-refractivity contribution in [3.63, 3.8) is 0 Å². The lowest BCUT2D eigenvalue weighted by Crippen LogP contribution is -2.24. The van der Waals surface area contributed by atoms with Crippen LogP contribution < -0.4 is 20.2 Å². The highest BCUT2D eigenvalue weighted by Crippen LogP contribution is 2.35. The van der Waals surface area contributed by atoms with Gasteiger partial charge in [-0.05, 0) is 84.0 Å². The summed E-state index contributed by atoms with van der Waals surface area (Å²) in [7, 11) is 0. The van der Waals surface area contributed by atoms with E-state index in [1.54, 1.807) is 42.5 Å². The molecule has 11 heteroatoms. The number of halogens is 4. The lowest BCUT2D eigenvalue weighted by molar-refractivity contribution is -0.126. The molecule has 3 rings (SSSR count). The van der Waals surface area contributed by atoms with E-state index in [-0.39, 0.29) is 6.61 Å². The first kappa shape index (κ1) is 29.0. The number of nitrogens with one attached hydrogen (secondary N) is 2. The van der Waals surface area contributed by atoms with Gasteiger partial charge in [0.05, 0.1) is 16.4 Å². The summed E-state index contributed by atoms with van der Waals surface area (Å²) in [6.07, 6.45) is 1.06. The lowest BCUT2D eigenvalue weighted by Gasteiger charge is -2.15. The van der Waals surface area contributed by atoms with Gasteiger partial charge in [0.15, 0.2) is 11.5 Å². The van der Waals surface area contributed by atoms with Crippen molar-refractivity contribution < 1.29 is 19.1 Å². The third-order valence-electron chi connectivity index (χ3n) is 4.90. The second-order valence-electron chi connectivity index (χ2n) is 7.77. The molecule has 0 radical (unpaired) electrons. The molecule has 37 heavy (non-hydrogen) atoms. The Labute approximate surface area is 243 Å². The number of ether oxygens (including phenoxy) is 2. The third kappa shape index (κ3) is 8.77. The molecule has 194 valence electrons. The molecule has 0 atom stereocenters. The number of benzene rings is 3. The Morgan fingerprint density at radius 1 is 1.00 bits per heavy atom. The fourth-order valence-corrected chi connectivity index (χ4v) is 4.52. The van der Waals surface area contributed by atoms with Gasteiger partial charge in [-0.2, -0.15) is 5.10 Å². The van der Waals surface area contributed by atoms with Crippen molar-refractivity contribution in [1.29, 1.82) is 0 Å². The number of nitrogens with zero attached hydrogens (tertiary/aromatic N) is 1. The van der Waals surface area contributed by atoms with Crippen molar-refractivity contribution in [2.24, 2.45) is 5.10 Å². The summed E-state index contributed by atoms with van der Waals surface area (Å²) in [5.74, 6) is 0.0282. The first-order chi connectivity index (χ1) is 17.7. The monoisotopic (exact) mass is 673 g/mol. The maximum absolute atomic E-state index is 12.1. The van der Waals surface area contributed by atoms with E-state index >= 15 is 0 Å². The Hall–Kier alpha value is -2.53. The minimum Gasteiger partial charge on any atom is -0.490 e. The Morgan fingerprint density at radius 3 is 2.49 bits per heavy atom. The van der Waals surface area contributed by atoms with Crippen LogP contribution >= 0.6 is 57.4 Å². The quantitative estimate of drug-likeness (QED) is 0.105. The largest absolute Gasteiger partial charge is 0.490 e. The molecule has 2 amide bonds. The van der Waals surface area contributed by atoms with Crippen molar-refractivity contribution >= 4 is 81.1 Å². The molecule has 2 N–H and O–H groups in total. The van der Waals surface area contributed by atoms with E-state index in [0.717, 1.165) is 14.7 Å². The second-order valence-corrected chi connectivity index (χ2v) is 10.2. The smallest absolute Gasteiger partial charge is 0.249 e. The Balaban J connectivity index is 1.61. The first-order valence-corrected chi connectivity index (χ1v) is 13.3. The molecule has 0 spiro atoms. The molecule has 0 fully saturated rings. The lowest BCUT2D eigenvalue weighted by atomic mass is 10.2. The minimum absolute atomic E-state index is 0.229. The summed E-state index contributed by atoms with van der Waals surface area (Å²) in [6.45, 7) is 4.37. The molecular weight excluding hydrogens is 652 g/mol. The highest BCUT2D eigenvalue weighted by Gasteiger charge is 2.14. The highest BCUT2D eigenvalue weighted by atomic mass is 127. The number of hydrogen-bond acceptors (Lipinski definition) is 5. The number of hydrazone groups is 1. The topological polar surface area (TPSA) is 89.0 Å². The SMILES string of the molecule is CCOc1cc(C=NNC(=O)CC(=O)Nc2ccc(C)c(Cl)c2)cc(I)c1OCc1ccc(Cl)cc1Cl. The van der Waals surface area contributed by atoms with Crippen molar-refractivity contribution in [2.45, 2.75) is 26.9 Å². The molecule has 7 nitrogen and oxygen atoms in total. The molecule has 0 saturated carbocycles. The van der Waals surface area contributed by atoms with Gasteiger partial charge in [0.1, 0.15) is 13.0 Å². The molecule has 3 aromatic rings. The number of carbonyl (C=O) groups excluding carboxylic acids is 2. The van der Waals surface area contributed by atoms with E-state index in [2.05, 4.69) is 38.4 Å². The van der Waals surface area contributed by atoms with Gasteiger partial charge in [-0.15, -0.1) is 0 Å². The number of rotatable bonds is 10. The molecule has 3 aromatic carbocycles. The predicted octanol–water partition coefficient (Wildman–Crippen LogP) is 7.02. The van der Waals surface area contributed by atoms with Crippen LogP contribution in [0, 0.1) is 10.5 Å². The first-order valence-electron chi connectivity index (χ1n) is 11.1. The number of amides is 2. The number of carbonyl (C=O) groups is 2. The van der Waals surface area contributed by atoms with Crippen LogP contribution in [-0.2, 0) is 16.2 Å². The van der Waals surface area contributed by atoms with Gasteiger partial charge in [-0.25, -0.2) is 5.43 Å². The molecule has 0 aliphatic rings. The standard InChI is InChI=1S/C26H23Cl3IN3O4/c1-3-36-23-9-16(8-22(30)26(23)37-14-17-5-6-18(27)10-21(17)29)13-31-33-25(35)12-24(34)32-19-7-4-15(2)20(28)11-19/h4-11,13H,3,12,14H2,1-2H3,(H,32,34)(H,33,35). The zero-order valence-corrected chi connectivity index (χ0v) is 24.3. The molecule has 0 aliphatic heterocycles. The molecule has 0 unspecified atom stereocenters. The van der Waals surface area contributed by atoms with E-state index in [0.29, 0.717) is 44.4 Å². The highest BCUT2D eigenvalue weighted by molar-refractivity contribution is 14.1. The zero-order valence-electron chi connectivity index (χ0n) is 19.9. The average molecular weight is 675 g/mol. The van der Waals surface area contributed by atoms with Gasteiger partial charge in [-0.1, -0.05) is 46.9 Å². The van der Waals surface area contributed by atoms with E-state index in [9.17, 15) is 9.59 Å². The van der Waals surface area contributed by atoms with Gasteiger partial charge in [0, 0.05) is 26.3 Å². The molecular formula is C26H23Cl3IN3O4. The number of hydrogen-bond donors (Lipinski definition) is 2. The summed E-state index contributed by atoms with van der Waals surface area (Å²) in [5.41, 5.74) is 5.21. The molecule has 0 heterocycles. The van der Waals surface area contributed by atoms with Crippen LogP contribution in [0.15, 0.2) is 53.6 Å². The van der Waals surface area contributed by atoms with Gasteiger partial charge in [0.25, 0.3) is 0 Å². The molecule has 0 saturated heterocycles. The summed E-state index contributed by atoms with van der Waals surface area (Å²) >= 11 is 20.4. The third-order valence-corrected chi connectivity index (χ3v) is 6.69. The molecule has 0 aliphatic carbocycles. The van der Waals surface area contributed by atoms with Crippen molar-refractivity contribution in [3.05, 3.63) is 83.9 Å². The average Bonchev–Trinajstić information content (AvgIpc) is 2.82. The minimum atomic E-state index is -0.563. The van der Waals surface area contributed by atoms with E-state index in [1.165, 1.54) is 6.21 Å². The summed E-state index contributed by atoms with van der Waals surface area (Å²) in [6, 6.07) is 13.9. The van der Waals surface area contributed by atoms with Crippen LogP contribution in [-0.4, -0.2) is 24.6 Å². The number of anilines is 1. The van der Waals surface area contributed by atoms with Crippen LogP contribution in [0.5, 0.6) is 11.5 Å². The van der Waals surface area contributed by atoms with Crippen LogP contribution in [0.25, 0.3) is 0 Å². The fraction of sp³-hybridized carbons (Fsp3) is 0.192. The van der Waals surface area contributed by atoms with Crippen molar-refractivity contribution in [1.82, 2.24) is 5.43 Å². The van der Waals surface area contributed by atoms with Gasteiger partial charge < -0.3 is 14.8 Å². The summed E-state index contributed by atoms with van der Waals surface area (Å²) < 4.78 is 12.5. The van der Waals surface area contributed by atoms with Crippen LogP contribution in [0.2, 0.25) is 15.1 Å².